The third-order valence-corrected chi connectivity index (χ3v) is 4.28. The average molecular weight is 411 g/mol. The molecule has 0 spiro atoms. The Morgan fingerprint density at radius 2 is 1.45 bits per heavy atom. The van der Waals surface area contributed by atoms with Crippen LogP contribution in [0.15, 0.2) is 95.1 Å². The van der Waals surface area contributed by atoms with Crippen molar-refractivity contribution in [2.45, 2.75) is 0 Å². The fraction of sp³-hybridized carbons (Fsp3) is 0. The van der Waals surface area contributed by atoms with Gasteiger partial charge in [-0.15, -0.1) is 10.2 Å². The molecule has 0 saturated carbocycles. The van der Waals surface area contributed by atoms with Gasteiger partial charge in [-0.3, -0.25) is 10.1 Å². The Morgan fingerprint density at radius 1 is 0.839 bits per heavy atom. The fourth-order valence-electron chi connectivity index (χ4n) is 2.74. The van der Waals surface area contributed by atoms with Crippen molar-refractivity contribution in [3.8, 4) is 11.4 Å². The van der Waals surface area contributed by atoms with Crippen molar-refractivity contribution in [3.63, 3.8) is 0 Å². The minimum Gasteiger partial charge on any atom is -0.258 e. The van der Waals surface area contributed by atoms with Crippen molar-refractivity contribution in [3.05, 3.63) is 106 Å². The topological polar surface area (TPSA) is 111 Å². The molecule has 9 nitrogen and oxygen atoms in total. The quantitative estimate of drug-likeness (QED) is 0.279. The Kier molecular flexibility index (Phi) is 5.85. The zero-order valence-corrected chi connectivity index (χ0v) is 16.2. The van der Waals surface area contributed by atoms with E-state index in [4.69, 9.17) is 0 Å². The van der Waals surface area contributed by atoms with Gasteiger partial charge in [-0.2, -0.15) is 14.9 Å². The fourth-order valence-corrected chi connectivity index (χ4v) is 2.74. The van der Waals surface area contributed by atoms with Crippen molar-refractivity contribution in [2.24, 2.45) is 10.2 Å². The maximum atomic E-state index is 10.9. The lowest BCUT2D eigenvalue weighted by Crippen LogP contribution is -2.01. The number of hydrogen-bond donors (Lipinski definition) is 1. The maximum Gasteiger partial charge on any atom is 0.269 e. The smallest absolute Gasteiger partial charge is 0.258 e. The Hall–Kier alpha value is -4.66. The number of rotatable bonds is 7. The molecule has 152 valence electrons. The van der Waals surface area contributed by atoms with Gasteiger partial charge in [0.05, 0.1) is 17.4 Å². The molecule has 4 rings (SSSR count). The summed E-state index contributed by atoms with van der Waals surface area (Å²) in [5.74, 6) is 0.715. The summed E-state index contributed by atoms with van der Waals surface area (Å²) in [4.78, 5) is 10.5. The molecule has 0 saturated heterocycles. The molecular formula is C22H17N7O2. The highest BCUT2D eigenvalue weighted by atomic mass is 16.6. The van der Waals surface area contributed by atoms with E-state index in [1.807, 2.05) is 60.7 Å². The second kappa shape index (κ2) is 9.23. The first-order valence-corrected chi connectivity index (χ1v) is 9.34. The summed E-state index contributed by atoms with van der Waals surface area (Å²) in [5.41, 5.74) is 5.29. The molecule has 0 aliphatic rings. The third-order valence-electron chi connectivity index (χ3n) is 4.28. The zero-order chi connectivity index (χ0) is 21.5. The molecule has 31 heavy (non-hydrogen) atoms. The van der Waals surface area contributed by atoms with Gasteiger partial charge < -0.3 is 0 Å². The standard InChI is InChI=1S/C22H17N7O2/c30-29(31)20-13-11-19(12-14-20)21-25-27-22(26-23-15-17-7-3-1-4-8-17)28(21)24-16-18-9-5-2-6-10-18/h1-16H,(H,26,27)/b23-15+,24-16+. The minimum atomic E-state index is -0.451. The van der Waals surface area contributed by atoms with E-state index in [0.29, 0.717) is 17.3 Å². The molecule has 3 aromatic carbocycles. The van der Waals surface area contributed by atoms with Crippen LogP contribution in [0.4, 0.5) is 11.6 Å². The summed E-state index contributed by atoms with van der Waals surface area (Å²) in [5, 5.41) is 28.0. The number of benzene rings is 3. The first-order valence-electron chi connectivity index (χ1n) is 9.34. The summed E-state index contributed by atoms with van der Waals surface area (Å²) in [6.07, 6.45) is 3.33. The molecule has 0 aliphatic carbocycles. The van der Waals surface area contributed by atoms with E-state index in [2.05, 4.69) is 25.8 Å². The Balaban J connectivity index is 1.66. The Morgan fingerprint density at radius 3 is 2.06 bits per heavy atom. The number of hydrazone groups is 1. The van der Waals surface area contributed by atoms with Gasteiger partial charge in [0.2, 0.25) is 0 Å². The molecule has 0 radical (unpaired) electrons. The highest BCUT2D eigenvalue weighted by Crippen LogP contribution is 2.23. The second-order valence-electron chi connectivity index (χ2n) is 6.40. The van der Waals surface area contributed by atoms with Gasteiger partial charge in [-0.25, -0.2) is 5.43 Å². The van der Waals surface area contributed by atoms with E-state index < -0.39 is 4.92 Å². The van der Waals surface area contributed by atoms with Gasteiger partial charge in [0, 0.05) is 17.7 Å². The van der Waals surface area contributed by atoms with E-state index >= 15 is 0 Å². The van der Waals surface area contributed by atoms with Crippen molar-refractivity contribution in [1.82, 2.24) is 14.9 Å². The highest BCUT2D eigenvalue weighted by Gasteiger charge is 2.14. The van der Waals surface area contributed by atoms with E-state index in [1.165, 1.54) is 16.8 Å². The number of aromatic nitrogens is 3. The molecule has 1 N–H and O–H groups in total. The summed E-state index contributed by atoms with van der Waals surface area (Å²) >= 11 is 0. The van der Waals surface area contributed by atoms with Crippen molar-refractivity contribution >= 4 is 24.1 Å². The predicted octanol–water partition coefficient (Wildman–Crippen LogP) is 4.18. The molecule has 0 fully saturated rings. The lowest BCUT2D eigenvalue weighted by atomic mass is 10.2. The van der Waals surface area contributed by atoms with Crippen molar-refractivity contribution in [1.29, 1.82) is 0 Å². The Labute approximate surface area is 177 Å². The van der Waals surface area contributed by atoms with Gasteiger partial charge in [0.25, 0.3) is 11.6 Å². The third kappa shape index (κ3) is 4.85. The van der Waals surface area contributed by atoms with Crippen LogP contribution in [0.2, 0.25) is 0 Å². The molecule has 1 aromatic heterocycles. The predicted molar refractivity (Wildman–Crippen MR) is 119 cm³/mol. The number of hydrogen-bond acceptors (Lipinski definition) is 7. The van der Waals surface area contributed by atoms with Crippen LogP contribution in [0.25, 0.3) is 11.4 Å². The van der Waals surface area contributed by atoms with Crippen LogP contribution in [0.1, 0.15) is 11.1 Å². The molecule has 9 heteroatoms. The number of non-ortho nitro benzene ring substituents is 1. The van der Waals surface area contributed by atoms with Crippen LogP contribution in [-0.4, -0.2) is 32.2 Å². The SMILES string of the molecule is O=[N+]([O-])c1ccc(-c2nnc(N/N=C/c3ccccc3)n2/N=C/c2ccccc2)cc1. The molecule has 0 amide bonds. The molecule has 4 aromatic rings. The number of nitrogens with zero attached hydrogens (tertiary/aromatic N) is 6. The second-order valence-corrected chi connectivity index (χ2v) is 6.40. The van der Waals surface area contributed by atoms with E-state index in [1.54, 1.807) is 24.6 Å². The van der Waals surface area contributed by atoms with Gasteiger partial charge in [-0.05, 0) is 23.3 Å². The van der Waals surface area contributed by atoms with Crippen LogP contribution in [0.5, 0.6) is 0 Å². The van der Waals surface area contributed by atoms with Gasteiger partial charge in [0.1, 0.15) is 0 Å². The van der Waals surface area contributed by atoms with Crippen LogP contribution in [0, 0.1) is 10.1 Å². The molecular weight excluding hydrogens is 394 g/mol. The average Bonchev–Trinajstić information content (AvgIpc) is 3.22. The monoisotopic (exact) mass is 411 g/mol. The molecule has 0 unspecified atom stereocenters. The summed E-state index contributed by atoms with van der Waals surface area (Å²) in [7, 11) is 0. The van der Waals surface area contributed by atoms with Crippen molar-refractivity contribution in [2.75, 3.05) is 5.43 Å². The lowest BCUT2D eigenvalue weighted by Gasteiger charge is -2.04. The number of nitro groups is 1. The van der Waals surface area contributed by atoms with E-state index in [-0.39, 0.29) is 5.69 Å². The van der Waals surface area contributed by atoms with Crippen LogP contribution in [0.3, 0.4) is 0 Å². The van der Waals surface area contributed by atoms with Gasteiger partial charge in [0.15, 0.2) is 5.82 Å². The summed E-state index contributed by atoms with van der Waals surface area (Å²) < 4.78 is 1.50. The highest BCUT2D eigenvalue weighted by molar-refractivity contribution is 5.80. The first kappa shape index (κ1) is 19.6. The maximum absolute atomic E-state index is 10.9. The van der Waals surface area contributed by atoms with Crippen LogP contribution < -0.4 is 5.43 Å². The molecule has 1 heterocycles. The molecule has 0 atom stereocenters. The zero-order valence-electron chi connectivity index (χ0n) is 16.2. The normalized spacial score (nSPS) is 11.2. The van der Waals surface area contributed by atoms with Crippen LogP contribution in [-0.2, 0) is 0 Å². The van der Waals surface area contributed by atoms with E-state index in [9.17, 15) is 10.1 Å². The number of anilines is 1. The molecule has 0 aliphatic heterocycles. The van der Waals surface area contributed by atoms with E-state index in [0.717, 1.165) is 11.1 Å². The number of nitrogens with one attached hydrogen (secondary N) is 1. The van der Waals surface area contributed by atoms with Gasteiger partial charge in [-0.1, -0.05) is 60.7 Å². The number of nitro benzene ring substituents is 1. The first-order chi connectivity index (χ1) is 15.2. The Bertz CT molecular complexity index is 1220. The van der Waals surface area contributed by atoms with Crippen LogP contribution >= 0.6 is 0 Å². The minimum absolute atomic E-state index is 0.00610. The summed E-state index contributed by atoms with van der Waals surface area (Å²) in [6, 6.07) is 25.2. The lowest BCUT2D eigenvalue weighted by molar-refractivity contribution is -0.384. The van der Waals surface area contributed by atoms with Gasteiger partial charge >= 0.3 is 0 Å². The van der Waals surface area contributed by atoms with Crippen molar-refractivity contribution < 1.29 is 4.92 Å². The summed E-state index contributed by atoms with van der Waals surface area (Å²) in [6.45, 7) is 0. The molecule has 0 bridgehead atoms. The largest absolute Gasteiger partial charge is 0.269 e.